The first-order chi connectivity index (χ1) is 10.3. The molecule has 0 saturated carbocycles. The normalized spacial score (nSPS) is 15.1. The zero-order valence-corrected chi connectivity index (χ0v) is 12.0. The van der Waals surface area contributed by atoms with Gasteiger partial charge >= 0.3 is 0 Å². The van der Waals surface area contributed by atoms with Gasteiger partial charge in [0.25, 0.3) is 0 Å². The van der Waals surface area contributed by atoms with Crippen LogP contribution in [-0.4, -0.2) is 35.4 Å². The Balaban J connectivity index is 1.73. The molecule has 0 atom stereocenters. The van der Waals surface area contributed by atoms with Gasteiger partial charge in [-0.25, -0.2) is 0 Å². The van der Waals surface area contributed by atoms with Crippen molar-refractivity contribution < 1.29 is 4.79 Å². The predicted octanol–water partition coefficient (Wildman–Crippen LogP) is 2.24. The predicted molar refractivity (Wildman–Crippen MR) is 85.1 cm³/mol. The average Bonchev–Trinajstić information content (AvgIpc) is 2.55. The Kier molecular flexibility index (Phi) is 3.90. The number of anilines is 2. The molecule has 1 aromatic heterocycles. The van der Waals surface area contributed by atoms with Gasteiger partial charge in [0.15, 0.2) is 0 Å². The van der Waals surface area contributed by atoms with Gasteiger partial charge in [-0.05, 0) is 43.5 Å². The van der Waals surface area contributed by atoms with Gasteiger partial charge in [0, 0.05) is 30.4 Å². The van der Waals surface area contributed by atoms with E-state index in [1.165, 1.54) is 6.42 Å². The monoisotopic (exact) mass is 284 g/mol. The molecule has 1 aliphatic rings. The van der Waals surface area contributed by atoms with Gasteiger partial charge < -0.3 is 16.0 Å². The highest BCUT2D eigenvalue weighted by Gasteiger charge is 2.16. The van der Waals surface area contributed by atoms with Crippen LogP contribution in [-0.2, 0) is 4.79 Å². The lowest BCUT2D eigenvalue weighted by atomic mass is 10.1. The number of aromatic nitrogens is 1. The maximum Gasteiger partial charge on any atom is 0.241 e. The molecule has 0 unspecified atom stereocenters. The smallest absolute Gasteiger partial charge is 0.241 e. The van der Waals surface area contributed by atoms with Gasteiger partial charge in [-0.3, -0.25) is 9.78 Å². The Morgan fingerprint density at radius 1 is 1.24 bits per heavy atom. The summed E-state index contributed by atoms with van der Waals surface area (Å²) < 4.78 is 0. The Morgan fingerprint density at radius 2 is 2.05 bits per heavy atom. The van der Waals surface area contributed by atoms with Crippen LogP contribution in [0, 0.1) is 0 Å². The number of hydrogen-bond donors (Lipinski definition) is 2. The number of carbonyl (C=O) groups excluding carboxylic acids is 1. The van der Waals surface area contributed by atoms with Crippen LogP contribution in [0.3, 0.4) is 0 Å². The van der Waals surface area contributed by atoms with E-state index in [1.54, 1.807) is 6.20 Å². The Morgan fingerprint density at radius 3 is 2.86 bits per heavy atom. The summed E-state index contributed by atoms with van der Waals surface area (Å²) in [6, 6.07) is 7.53. The molecule has 1 amide bonds. The highest BCUT2D eigenvalue weighted by molar-refractivity contribution is 5.99. The molecule has 0 aliphatic carbocycles. The van der Waals surface area contributed by atoms with E-state index in [2.05, 4.69) is 10.3 Å². The number of nitrogens with one attached hydrogen (secondary N) is 1. The molecular formula is C16H20N4O. The lowest BCUT2D eigenvalue weighted by Crippen LogP contribution is -2.39. The number of nitrogen functional groups attached to an aromatic ring is 1. The van der Waals surface area contributed by atoms with Crippen LogP contribution in [0.15, 0.2) is 30.5 Å². The molecule has 1 aliphatic heterocycles. The number of hydrogen-bond acceptors (Lipinski definition) is 4. The van der Waals surface area contributed by atoms with E-state index in [0.717, 1.165) is 42.5 Å². The number of benzene rings is 1. The number of likely N-dealkylation sites (tertiary alicyclic amines) is 1. The standard InChI is InChI=1S/C16H20N4O/c17-13-6-7-14(16-12(13)5-4-8-18-16)19-11-15(21)20-9-2-1-3-10-20/h4-8,19H,1-3,9-11,17H2. The fourth-order valence-corrected chi connectivity index (χ4v) is 2.76. The molecule has 1 fully saturated rings. The molecule has 3 N–H and O–H groups in total. The molecule has 1 aromatic carbocycles. The molecule has 3 rings (SSSR count). The Bertz CT molecular complexity index is 650. The van der Waals surface area contributed by atoms with Crippen LogP contribution in [0.4, 0.5) is 11.4 Å². The van der Waals surface area contributed by atoms with E-state index < -0.39 is 0 Å². The molecule has 21 heavy (non-hydrogen) atoms. The minimum absolute atomic E-state index is 0.149. The zero-order chi connectivity index (χ0) is 14.7. The van der Waals surface area contributed by atoms with E-state index in [0.29, 0.717) is 12.2 Å². The minimum atomic E-state index is 0.149. The van der Waals surface area contributed by atoms with Crippen molar-refractivity contribution in [2.24, 2.45) is 0 Å². The number of nitrogens with two attached hydrogens (primary N) is 1. The second-order valence-electron chi connectivity index (χ2n) is 5.40. The van der Waals surface area contributed by atoms with Crippen LogP contribution in [0.1, 0.15) is 19.3 Å². The fourth-order valence-electron chi connectivity index (χ4n) is 2.76. The Hall–Kier alpha value is -2.30. The van der Waals surface area contributed by atoms with E-state index in [4.69, 9.17) is 5.73 Å². The topological polar surface area (TPSA) is 71.2 Å². The molecule has 5 heteroatoms. The number of amides is 1. The first-order valence-electron chi connectivity index (χ1n) is 7.40. The lowest BCUT2D eigenvalue weighted by molar-refractivity contribution is -0.130. The first kappa shape index (κ1) is 13.7. The zero-order valence-electron chi connectivity index (χ0n) is 12.0. The van der Waals surface area contributed by atoms with Gasteiger partial charge in [0.2, 0.25) is 5.91 Å². The number of carbonyl (C=O) groups is 1. The van der Waals surface area contributed by atoms with Gasteiger partial charge in [0.05, 0.1) is 17.7 Å². The highest BCUT2D eigenvalue weighted by Crippen LogP contribution is 2.26. The van der Waals surface area contributed by atoms with Crippen LogP contribution >= 0.6 is 0 Å². The lowest BCUT2D eigenvalue weighted by Gasteiger charge is -2.27. The van der Waals surface area contributed by atoms with Crippen LogP contribution in [0.2, 0.25) is 0 Å². The molecule has 2 aromatic rings. The van der Waals surface area contributed by atoms with Gasteiger partial charge in [-0.1, -0.05) is 0 Å². The first-order valence-corrected chi connectivity index (χ1v) is 7.40. The second-order valence-corrected chi connectivity index (χ2v) is 5.40. The molecule has 5 nitrogen and oxygen atoms in total. The summed E-state index contributed by atoms with van der Waals surface area (Å²) in [4.78, 5) is 18.5. The molecule has 0 spiro atoms. The fraction of sp³-hybridized carbons (Fsp3) is 0.375. The van der Waals surface area contributed by atoms with Crippen molar-refractivity contribution >= 4 is 28.2 Å². The average molecular weight is 284 g/mol. The third kappa shape index (κ3) is 2.91. The molecule has 0 bridgehead atoms. The van der Waals surface area contributed by atoms with Crippen LogP contribution in [0.25, 0.3) is 10.9 Å². The van der Waals surface area contributed by atoms with Crippen molar-refractivity contribution in [1.82, 2.24) is 9.88 Å². The van der Waals surface area contributed by atoms with Crippen molar-refractivity contribution in [3.63, 3.8) is 0 Å². The summed E-state index contributed by atoms with van der Waals surface area (Å²) in [5, 5.41) is 4.11. The number of piperidine rings is 1. The molecule has 1 saturated heterocycles. The van der Waals surface area contributed by atoms with Crippen molar-refractivity contribution in [1.29, 1.82) is 0 Å². The number of pyridine rings is 1. The summed E-state index contributed by atoms with van der Waals surface area (Å²) in [5.41, 5.74) is 8.32. The van der Waals surface area contributed by atoms with Crippen LogP contribution < -0.4 is 11.1 Å². The van der Waals surface area contributed by atoms with Crippen molar-refractivity contribution in [2.45, 2.75) is 19.3 Å². The van der Waals surface area contributed by atoms with Gasteiger partial charge in [0.1, 0.15) is 0 Å². The number of rotatable bonds is 3. The number of fused-ring (bicyclic) bond motifs is 1. The maximum atomic E-state index is 12.2. The Labute approximate surface area is 124 Å². The van der Waals surface area contributed by atoms with Gasteiger partial charge in [-0.15, -0.1) is 0 Å². The summed E-state index contributed by atoms with van der Waals surface area (Å²) in [7, 11) is 0. The largest absolute Gasteiger partial charge is 0.398 e. The van der Waals surface area contributed by atoms with Crippen molar-refractivity contribution in [3.05, 3.63) is 30.5 Å². The van der Waals surface area contributed by atoms with E-state index in [-0.39, 0.29) is 5.91 Å². The molecule has 110 valence electrons. The van der Waals surface area contributed by atoms with E-state index >= 15 is 0 Å². The summed E-state index contributed by atoms with van der Waals surface area (Å²) in [6.07, 6.45) is 5.18. The van der Waals surface area contributed by atoms with E-state index in [9.17, 15) is 4.79 Å². The summed E-state index contributed by atoms with van der Waals surface area (Å²) in [5.74, 6) is 0.149. The summed E-state index contributed by atoms with van der Waals surface area (Å²) >= 11 is 0. The maximum absolute atomic E-state index is 12.2. The second kappa shape index (κ2) is 5.99. The third-order valence-corrected chi connectivity index (χ3v) is 3.94. The van der Waals surface area contributed by atoms with E-state index in [1.807, 2.05) is 29.2 Å². The quantitative estimate of drug-likeness (QED) is 0.848. The number of nitrogens with zero attached hydrogens (tertiary/aromatic N) is 2. The van der Waals surface area contributed by atoms with Crippen molar-refractivity contribution in [2.75, 3.05) is 30.7 Å². The molecule has 0 radical (unpaired) electrons. The SMILES string of the molecule is Nc1ccc(NCC(=O)N2CCCCC2)c2ncccc12. The molecule has 2 heterocycles. The summed E-state index contributed by atoms with van der Waals surface area (Å²) in [6.45, 7) is 2.05. The van der Waals surface area contributed by atoms with Gasteiger partial charge in [-0.2, -0.15) is 0 Å². The highest BCUT2D eigenvalue weighted by atomic mass is 16.2. The van der Waals surface area contributed by atoms with Crippen LogP contribution in [0.5, 0.6) is 0 Å². The minimum Gasteiger partial charge on any atom is -0.398 e. The molecular weight excluding hydrogens is 264 g/mol. The third-order valence-electron chi connectivity index (χ3n) is 3.94. The van der Waals surface area contributed by atoms with Crippen molar-refractivity contribution in [3.8, 4) is 0 Å².